The average Bonchev–Trinajstić information content (AvgIpc) is 2.77. The van der Waals surface area contributed by atoms with Gasteiger partial charge in [-0.1, -0.05) is 47.6 Å². The fourth-order valence-corrected chi connectivity index (χ4v) is 2.97. The number of hydrogen-bond donors (Lipinski definition) is 3. The van der Waals surface area contributed by atoms with E-state index in [1.807, 2.05) is 48.5 Å². The smallest absolute Gasteiger partial charge is 0.223 e. The number of aliphatic hydroxyl groups is 1. The first kappa shape index (κ1) is 17.7. The summed E-state index contributed by atoms with van der Waals surface area (Å²) in [6.45, 7) is -0.106. The minimum Gasteiger partial charge on any atom is -0.454 e. The van der Waals surface area contributed by atoms with E-state index in [1.54, 1.807) is 24.4 Å². The summed E-state index contributed by atoms with van der Waals surface area (Å²) in [6, 6.07) is 19.9. The largest absolute Gasteiger partial charge is 0.454 e. The van der Waals surface area contributed by atoms with E-state index in [-0.39, 0.29) is 12.6 Å². The summed E-state index contributed by atoms with van der Waals surface area (Å²) in [5, 5.41) is 26.7. The molecular formula is C21H18N4O3. The number of rotatable bonds is 5. The number of nitrogens with zero attached hydrogens (tertiary/aromatic N) is 3. The van der Waals surface area contributed by atoms with E-state index in [0.29, 0.717) is 33.7 Å². The van der Waals surface area contributed by atoms with E-state index in [2.05, 4.69) is 20.4 Å². The van der Waals surface area contributed by atoms with E-state index in [1.165, 1.54) is 0 Å². The Morgan fingerprint density at radius 3 is 2.61 bits per heavy atom. The van der Waals surface area contributed by atoms with E-state index in [0.717, 1.165) is 5.56 Å². The molecule has 4 aromatic rings. The van der Waals surface area contributed by atoms with Crippen LogP contribution < -0.4 is 10.7 Å². The van der Waals surface area contributed by atoms with Gasteiger partial charge in [0.05, 0.1) is 12.6 Å². The molecule has 1 unspecified atom stereocenters. The maximum atomic E-state index is 9.74. The zero-order valence-electron chi connectivity index (χ0n) is 14.9. The molecule has 0 aliphatic rings. The van der Waals surface area contributed by atoms with Gasteiger partial charge in [0.2, 0.25) is 5.95 Å². The molecule has 0 saturated carbocycles. The Morgan fingerprint density at radius 1 is 1.04 bits per heavy atom. The molecular weight excluding hydrogens is 356 g/mol. The van der Waals surface area contributed by atoms with E-state index < -0.39 is 0 Å². The van der Waals surface area contributed by atoms with Gasteiger partial charge < -0.3 is 20.0 Å². The van der Waals surface area contributed by atoms with Crippen LogP contribution in [-0.4, -0.2) is 26.9 Å². The second-order valence-electron chi connectivity index (χ2n) is 6.15. The van der Waals surface area contributed by atoms with E-state index in [9.17, 15) is 10.3 Å². The lowest BCUT2D eigenvalue weighted by atomic mass is 10.1. The van der Waals surface area contributed by atoms with Crippen LogP contribution in [0.25, 0.3) is 22.4 Å². The molecule has 140 valence electrons. The van der Waals surface area contributed by atoms with Crippen molar-refractivity contribution in [1.82, 2.24) is 9.97 Å². The predicted octanol–water partition coefficient (Wildman–Crippen LogP) is 3.33. The van der Waals surface area contributed by atoms with Crippen LogP contribution in [0.4, 0.5) is 5.95 Å². The minimum absolute atomic E-state index is 0.106. The van der Waals surface area contributed by atoms with Crippen molar-refractivity contribution in [2.75, 3.05) is 11.9 Å². The zero-order chi connectivity index (χ0) is 19.3. The van der Waals surface area contributed by atoms with Crippen LogP contribution in [0, 0.1) is 0 Å². The van der Waals surface area contributed by atoms with Gasteiger partial charge in [0, 0.05) is 17.6 Å². The predicted molar refractivity (Wildman–Crippen MR) is 104 cm³/mol. The normalized spacial score (nSPS) is 12.8. The number of anilines is 1. The lowest BCUT2D eigenvalue weighted by Crippen LogP contribution is -2.16. The van der Waals surface area contributed by atoms with Crippen molar-refractivity contribution in [3.05, 3.63) is 83.8 Å². The highest BCUT2D eigenvalue weighted by Gasteiger charge is 2.13. The topological polar surface area (TPSA) is 104 Å². The first-order chi connectivity index (χ1) is 13.8. The van der Waals surface area contributed by atoms with Gasteiger partial charge in [-0.15, -0.1) is 0 Å². The van der Waals surface area contributed by atoms with Gasteiger partial charge in [0.15, 0.2) is 5.76 Å². The Hall–Kier alpha value is -3.71. The van der Waals surface area contributed by atoms with Crippen molar-refractivity contribution in [3.63, 3.8) is 0 Å². The number of fused-ring (bicyclic) bond motifs is 1. The van der Waals surface area contributed by atoms with E-state index >= 15 is 0 Å². The SMILES string of the molecule is OCC(Nc1nccc(-c2c/c(=N\O)c3ccccc3o2)n1)c1ccccc1. The van der Waals surface area contributed by atoms with Gasteiger partial charge >= 0.3 is 0 Å². The third-order valence-corrected chi connectivity index (χ3v) is 4.35. The molecule has 0 bridgehead atoms. The molecule has 2 heterocycles. The van der Waals surface area contributed by atoms with E-state index in [4.69, 9.17) is 4.42 Å². The standard InChI is InChI=1S/C21H18N4O3/c26-13-18(14-6-2-1-3-7-14)24-21-22-11-10-16(23-21)20-12-17(25-27)15-8-4-5-9-19(15)28-20/h1-12,18,26-27H,13H2,(H,22,23,24)/b25-17+. The highest BCUT2D eigenvalue weighted by atomic mass is 16.4. The second-order valence-corrected chi connectivity index (χ2v) is 6.15. The molecule has 0 aliphatic heterocycles. The maximum absolute atomic E-state index is 9.74. The van der Waals surface area contributed by atoms with Crippen molar-refractivity contribution >= 4 is 16.9 Å². The summed E-state index contributed by atoms with van der Waals surface area (Å²) >= 11 is 0. The summed E-state index contributed by atoms with van der Waals surface area (Å²) < 4.78 is 5.92. The fraction of sp³-hybridized carbons (Fsp3) is 0.0952. The molecule has 3 N–H and O–H groups in total. The van der Waals surface area contributed by atoms with Crippen molar-refractivity contribution in [2.45, 2.75) is 6.04 Å². The van der Waals surface area contributed by atoms with Crippen molar-refractivity contribution in [2.24, 2.45) is 5.16 Å². The van der Waals surface area contributed by atoms with Crippen LogP contribution in [0.2, 0.25) is 0 Å². The molecule has 0 fully saturated rings. The highest BCUT2D eigenvalue weighted by Crippen LogP contribution is 2.22. The van der Waals surface area contributed by atoms with Crippen molar-refractivity contribution < 1.29 is 14.7 Å². The molecule has 0 aliphatic carbocycles. The number of aliphatic hydroxyl groups excluding tert-OH is 1. The summed E-state index contributed by atoms with van der Waals surface area (Å²) in [4.78, 5) is 8.72. The molecule has 0 amide bonds. The Morgan fingerprint density at radius 2 is 1.82 bits per heavy atom. The molecule has 28 heavy (non-hydrogen) atoms. The number of nitrogens with one attached hydrogen (secondary N) is 1. The third-order valence-electron chi connectivity index (χ3n) is 4.35. The van der Waals surface area contributed by atoms with Gasteiger partial charge in [-0.2, -0.15) is 0 Å². The Balaban J connectivity index is 1.70. The molecule has 0 spiro atoms. The van der Waals surface area contributed by atoms with Gasteiger partial charge in [-0.3, -0.25) is 0 Å². The Kier molecular flexibility index (Phi) is 4.99. The fourth-order valence-electron chi connectivity index (χ4n) is 2.97. The average molecular weight is 374 g/mol. The maximum Gasteiger partial charge on any atom is 0.223 e. The Labute approximate surface area is 160 Å². The molecule has 2 aromatic carbocycles. The van der Waals surface area contributed by atoms with Gasteiger partial charge in [0.25, 0.3) is 0 Å². The third kappa shape index (κ3) is 3.56. The molecule has 0 radical (unpaired) electrons. The minimum atomic E-state index is -0.340. The zero-order valence-corrected chi connectivity index (χ0v) is 14.9. The molecule has 0 saturated heterocycles. The summed E-state index contributed by atoms with van der Waals surface area (Å²) in [5.74, 6) is 0.795. The van der Waals surface area contributed by atoms with Gasteiger partial charge in [-0.25, -0.2) is 9.97 Å². The van der Waals surface area contributed by atoms with Crippen molar-refractivity contribution in [3.8, 4) is 11.5 Å². The van der Waals surface area contributed by atoms with Crippen LogP contribution in [0.5, 0.6) is 0 Å². The van der Waals surface area contributed by atoms with Crippen molar-refractivity contribution in [1.29, 1.82) is 0 Å². The summed E-state index contributed by atoms with van der Waals surface area (Å²) in [5.41, 5.74) is 2.03. The Bertz CT molecular complexity index is 1160. The first-order valence-electron chi connectivity index (χ1n) is 8.75. The second kappa shape index (κ2) is 7.89. The lowest BCUT2D eigenvalue weighted by Gasteiger charge is -2.16. The quantitative estimate of drug-likeness (QED) is 0.366. The summed E-state index contributed by atoms with van der Waals surface area (Å²) in [7, 11) is 0. The number of para-hydroxylation sites is 1. The summed E-state index contributed by atoms with van der Waals surface area (Å²) in [6.07, 6.45) is 1.60. The number of hydrogen-bond acceptors (Lipinski definition) is 7. The van der Waals surface area contributed by atoms with Crippen LogP contribution in [0.3, 0.4) is 0 Å². The van der Waals surface area contributed by atoms with Gasteiger partial charge in [0.1, 0.15) is 16.6 Å². The molecule has 7 heteroatoms. The monoisotopic (exact) mass is 374 g/mol. The molecule has 4 rings (SSSR count). The molecule has 1 atom stereocenters. The number of benzene rings is 2. The molecule has 2 aromatic heterocycles. The molecule has 7 nitrogen and oxygen atoms in total. The number of aromatic nitrogens is 2. The lowest BCUT2D eigenvalue weighted by molar-refractivity contribution is 0.276. The van der Waals surface area contributed by atoms with Crippen LogP contribution in [0.1, 0.15) is 11.6 Å². The first-order valence-corrected chi connectivity index (χ1v) is 8.75. The highest BCUT2D eigenvalue weighted by molar-refractivity contribution is 5.77. The van der Waals surface area contributed by atoms with Crippen LogP contribution in [0.15, 0.2) is 82.5 Å². The van der Waals surface area contributed by atoms with Gasteiger partial charge in [-0.05, 0) is 23.8 Å². The van der Waals surface area contributed by atoms with Crippen LogP contribution in [-0.2, 0) is 0 Å². The van der Waals surface area contributed by atoms with Crippen LogP contribution >= 0.6 is 0 Å².